The maximum Gasteiger partial charge on any atom is 0.0108 e. The molecule has 3 fully saturated rings. The van der Waals surface area contributed by atoms with Crippen LogP contribution in [0.2, 0.25) is 0 Å². The van der Waals surface area contributed by atoms with Crippen molar-refractivity contribution in [3.8, 4) is 0 Å². The molecular weight excluding hydrogens is 196 g/mol. The maximum absolute atomic E-state index is 3.76. The van der Waals surface area contributed by atoms with Crippen molar-refractivity contribution < 1.29 is 0 Å². The third-order valence-corrected chi connectivity index (χ3v) is 5.01. The first-order valence-corrected chi connectivity index (χ1v) is 7.41. The summed E-state index contributed by atoms with van der Waals surface area (Å²) in [6.45, 7) is 4.04. The van der Waals surface area contributed by atoms with Crippen LogP contribution in [0.3, 0.4) is 0 Å². The lowest BCUT2D eigenvalue weighted by Gasteiger charge is -2.45. The number of hydrogen-bond acceptors (Lipinski definition) is 2. The smallest absolute Gasteiger partial charge is 0.0108 e. The first-order chi connectivity index (χ1) is 7.93. The van der Waals surface area contributed by atoms with E-state index in [-0.39, 0.29) is 0 Å². The summed E-state index contributed by atoms with van der Waals surface area (Å²) in [6.07, 6.45) is 11.7. The van der Waals surface area contributed by atoms with E-state index in [0.717, 1.165) is 18.0 Å². The Morgan fingerprint density at radius 2 is 1.81 bits per heavy atom. The summed E-state index contributed by atoms with van der Waals surface area (Å²) in [4.78, 5) is 2.80. The second-order valence-corrected chi connectivity index (χ2v) is 6.04. The fraction of sp³-hybridized carbons (Fsp3) is 1.00. The third-order valence-electron chi connectivity index (χ3n) is 5.01. The van der Waals surface area contributed by atoms with E-state index in [4.69, 9.17) is 0 Å². The molecular formula is C14H26N2. The molecule has 3 aliphatic heterocycles. The molecule has 0 aromatic heterocycles. The highest BCUT2D eigenvalue weighted by Crippen LogP contribution is 2.32. The van der Waals surface area contributed by atoms with Gasteiger partial charge < -0.3 is 10.2 Å². The molecule has 0 aliphatic carbocycles. The molecule has 3 rings (SSSR count). The second kappa shape index (κ2) is 5.05. The Balaban J connectivity index is 1.57. The Hall–Kier alpha value is -0.0800. The van der Waals surface area contributed by atoms with Crippen molar-refractivity contribution in [2.45, 2.75) is 63.5 Å². The Morgan fingerprint density at radius 1 is 0.875 bits per heavy atom. The van der Waals surface area contributed by atoms with Crippen LogP contribution in [0, 0.1) is 5.92 Å². The van der Waals surface area contributed by atoms with E-state index in [1.807, 2.05) is 0 Å². The number of hydrogen-bond donors (Lipinski definition) is 1. The van der Waals surface area contributed by atoms with Crippen molar-refractivity contribution in [2.24, 2.45) is 5.92 Å². The number of piperidine rings is 3. The molecule has 3 heterocycles. The zero-order valence-corrected chi connectivity index (χ0v) is 10.5. The normalized spacial score (nSPS) is 41.6. The van der Waals surface area contributed by atoms with Crippen molar-refractivity contribution in [1.29, 1.82) is 0 Å². The highest BCUT2D eigenvalue weighted by Gasteiger charge is 2.33. The highest BCUT2D eigenvalue weighted by atomic mass is 15.2. The number of nitrogens with zero attached hydrogens (tertiary/aromatic N) is 1. The molecule has 0 radical (unpaired) electrons. The van der Waals surface area contributed by atoms with Crippen LogP contribution >= 0.6 is 0 Å². The van der Waals surface area contributed by atoms with Crippen LogP contribution < -0.4 is 5.32 Å². The lowest BCUT2D eigenvalue weighted by atomic mass is 9.81. The van der Waals surface area contributed by atoms with Crippen LogP contribution in [0.15, 0.2) is 0 Å². The van der Waals surface area contributed by atoms with Crippen molar-refractivity contribution in [2.75, 3.05) is 19.6 Å². The van der Waals surface area contributed by atoms with Gasteiger partial charge in [-0.25, -0.2) is 0 Å². The van der Waals surface area contributed by atoms with E-state index in [2.05, 4.69) is 10.2 Å². The molecule has 0 bridgehead atoms. The molecule has 3 aliphatic rings. The van der Waals surface area contributed by atoms with E-state index in [0.29, 0.717) is 0 Å². The van der Waals surface area contributed by atoms with E-state index >= 15 is 0 Å². The fourth-order valence-corrected chi connectivity index (χ4v) is 4.04. The summed E-state index contributed by atoms with van der Waals surface area (Å²) in [5, 5.41) is 3.76. The molecule has 2 nitrogen and oxygen atoms in total. The predicted molar refractivity (Wildman–Crippen MR) is 67.6 cm³/mol. The highest BCUT2D eigenvalue weighted by molar-refractivity contribution is 4.90. The first kappa shape index (κ1) is 11.0. The molecule has 1 unspecified atom stereocenters. The first-order valence-electron chi connectivity index (χ1n) is 7.41. The Kier molecular flexibility index (Phi) is 3.49. The number of rotatable bonds is 1. The van der Waals surface area contributed by atoms with E-state index in [9.17, 15) is 0 Å². The van der Waals surface area contributed by atoms with Gasteiger partial charge in [0.15, 0.2) is 0 Å². The maximum atomic E-state index is 3.76. The zero-order chi connectivity index (χ0) is 10.8. The van der Waals surface area contributed by atoms with Gasteiger partial charge in [-0.05, 0) is 57.5 Å². The molecule has 0 spiro atoms. The predicted octanol–water partition coefficient (Wildman–Crippen LogP) is 2.39. The fourth-order valence-electron chi connectivity index (χ4n) is 4.04. The molecule has 16 heavy (non-hydrogen) atoms. The van der Waals surface area contributed by atoms with Gasteiger partial charge in [0.2, 0.25) is 0 Å². The summed E-state index contributed by atoms with van der Waals surface area (Å²) < 4.78 is 0. The van der Waals surface area contributed by atoms with Gasteiger partial charge in [0.25, 0.3) is 0 Å². The summed E-state index contributed by atoms with van der Waals surface area (Å²) in [5.74, 6) is 0.953. The Labute approximate surface area is 99.8 Å². The van der Waals surface area contributed by atoms with Gasteiger partial charge in [-0.3, -0.25) is 0 Å². The molecule has 3 saturated heterocycles. The average Bonchev–Trinajstić information content (AvgIpc) is 2.39. The molecule has 2 heteroatoms. The summed E-state index contributed by atoms with van der Waals surface area (Å²) in [6, 6.07) is 1.80. The standard InChI is InChI=1S/C14H26N2/c1-3-9-15-14(6-1)12-7-8-13-5-2-4-10-16(13)11-12/h12-15H,1-11H2/t12-,13?,14+/m1/s1. The largest absolute Gasteiger partial charge is 0.314 e. The van der Waals surface area contributed by atoms with Crippen molar-refractivity contribution in [1.82, 2.24) is 10.2 Å². The van der Waals surface area contributed by atoms with E-state index in [1.54, 1.807) is 0 Å². The average molecular weight is 222 g/mol. The molecule has 0 saturated carbocycles. The van der Waals surface area contributed by atoms with Crippen molar-refractivity contribution >= 4 is 0 Å². The second-order valence-electron chi connectivity index (χ2n) is 6.04. The van der Waals surface area contributed by atoms with Gasteiger partial charge in [0, 0.05) is 18.6 Å². The summed E-state index contributed by atoms with van der Waals surface area (Å²) >= 11 is 0. The van der Waals surface area contributed by atoms with Crippen LogP contribution in [-0.2, 0) is 0 Å². The van der Waals surface area contributed by atoms with Crippen LogP contribution in [0.1, 0.15) is 51.4 Å². The van der Waals surface area contributed by atoms with Crippen molar-refractivity contribution in [3.63, 3.8) is 0 Å². The zero-order valence-electron chi connectivity index (χ0n) is 10.5. The Bertz CT molecular complexity index is 220. The lowest BCUT2D eigenvalue weighted by Crippen LogP contribution is -2.52. The van der Waals surface area contributed by atoms with Crippen molar-refractivity contribution in [3.05, 3.63) is 0 Å². The SMILES string of the molecule is C1CC[C@@H]([C@@H]2CCC3CCCCN3C2)NC1. The number of fused-ring (bicyclic) bond motifs is 1. The minimum absolute atomic E-state index is 0.844. The monoisotopic (exact) mass is 222 g/mol. The topological polar surface area (TPSA) is 15.3 Å². The van der Waals surface area contributed by atoms with Crippen LogP contribution in [0.25, 0.3) is 0 Å². The molecule has 3 atom stereocenters. The van der Waals surface area contributed by atoms with Gasteiger partial charge >= 0.3 is 0 Å². The van der Waals surface area contributed by atoms with Gasteiger partial charge in [-0.15, -0.1) is 0 Å². The van der Waals surface area contributed by atoms with Gasteiger partial charge in [0.1, 0.15) is 0 Å². The summed E-state index contributed by atoms with van der Waals surface area (Å²) in [5.41, 5.74) is 0. The number of nitrogens with one attached hydrogen (secondary N) is 1. The van der Waals surface area contributed by atoms with Crippen LogP contribution in [0.4, 0.5) is 0 Å². The summed E-state index contributed by atoms with van der Waals surface area (Å²) in [7, 11) is 0. The molecule has 0 aromatic carbocycles. The molecule has 1 N–H and O–H groups in total. The van der Waals surface area contributed by atoms with Crippen LogP contribution in [-0.4, -0.2) is 36.6 Å². The molecule has 0 aromatic rings. The van der Waals surface area contributed by atoms with Crippen LogP contribution in [0.5, 0.6) is 0 Å². The minimum atomic E-state index is 0.844. The van der Waals surface area contributed by atoms with Gasteiger partial charge in [0.05, 0.1) is 0 Å². The minimum Gasteiger partial charge on any atom is -0.314 e. The molecule has 92 valence electrons. The van der Waals surface area contributed by atoms with Gasteiger partial charge in [-0.1, -0.05) is 12.8 Å². The van der Waals surface area contributed by atoms with E-state index < -0.39 is 0 Å². The molecule has 0 amide bonds. The Morgan fingerprint density at radius 3 is 2.69 bits per heavy atom. The lowest BCUT2D eigenvalue weighted by molar-refractivity contribution is 0.0570. The van der Waals surface area contributed by atoms with E-state index in [1.165, 1.54) is 71.0 Å². The quantitative estimate of drug-likeness (QED) is 0.733. The third kappa shape index (κ3) is 2.28. The van der Waals surface area contributed by atoms with Gasteiger partial charge in [-0.2, -0.15) is 0 Å².